The SMILES string of the molecule is CC1CCC(CO)(Nc2ccncc2Cl)CC1. The van der Waals surface area contributed by atoms with Gasteiger partial charge in [-0.1, -0.05) is 18.5 Å². The highest BCUT2D eigenvalue weighted by Gasteiger charge is 2.33. The van der Waals surface area contributed by atoms with Crippen molar-refractivity contribution in [2.45, 2.75) is 38.1 Å². The van der Waals surface area contributed by atoms with Gasteiger partial charge in [-0.3, -0.25) is 4.98 Å². The van der Waals surface area contributed by atoms with Crippen molar-refractivity contribution in [2.24, 2.45) is 5.92 Å². The summed E-state index contributed by atoms with van der Waals surface area (Å²) in [5.41, 5.74) is 0.655. The Bertz CT molecular complexity index is 375. The van der Waals surface area contributed by atoms with E-state index >= 15 is 0 Å². The molecule has 0 unspecified atom stereocenters. The first kappa shape index (κ1) is 12.7. The number of halogens is 1. The molecule has 1 aliphatic rings. The third-order valence-electron chi connectivity index (χ3n) is 3.71. The van der Waals surface area contributed by atoms with Crippen LogP contribution in [0.1, 0.15) is 32.6 Å². The van der Waals surface area contributed by atoms with Gasteiger partial charge in [0.2, 0.25) is 0 Å². The second-order valence-electron chi connectivity index (χ2n) is 5.10. The van der Waals surface area contributed by atoms with Crippen LogP contribution in [0.25, 0.3) is 0 Å². The number of anilines is 1. The van der Waals surface area contributed by atoms with Crippen molar-refractivity contribution >= 4 is 17.3 Å². The number of nitrogens with one attached hydrogen (secondary N) is 1. The molecule has 1 fully saturated rings. The van der Waals surface area contributed by atoms with Gasteiger partial charge in [0.25, 0.3) is 0 Å². The van der Waals surface area contributed by atoms with Gasteiger partial charge in [0.1, 0.15) is 0 Å². The lowest BCUT2D eigenvalue weighted by atomic mass is 9.77. The number of hydrogen-bond donors (Lipinski definition) is 2. The van der Waals surface area contributed by atoms with E-state index < -0.39 is 0 Å². The second-order valence-corrected chi connectivity index (χ2v) is 5.51. The zero-order valence-electron chi connectivity index (χ0n) is 10.1. The minimum absolute atomic E-state index is 0.151. The Hall–Kier alpha value is -0.800. The summed E-state index contributed by atoms with van der Waals surface area (Å²) >= 11 is 6.08. The summed E-state index contributed by atoms with van der Waals surface area (Å²) < 4.78 is 0. The average Bonchev–Trinajstić information content (AvgIpc) is 2.35. The summed E-state index contributed by atoms with van der Waals surface area (Å²) in [7, 11) is 0. The average molecular weight is 255 g/mol. The summed E-state index contributed by atoms with van der Waals surface area (Å²) in [4.78, 5) is 3.96. The van der Waals surface area contributed by atoms with Crippen molar-refractivity contribution in [3.8, 4) is 0 Å². The normalized spacial score (nSPS) is 29.0. The van der Waals surface area contributed by atoms with Crippen LogP contribution < -0.4 is 5.32 Å². The van der Waals surface area contributed by atoms with Crippen molar-refractivity contribution < 1.29 is 5.11 Å². The Labute approximate surface area is 107 Å². The fourth-order valence-electron chi connectivity index (χ4n) is 2.40. The number of pyridine rings is 1. The van der Waals surface area contributed by atoms with Gasteiger partial charge in [-0.2, -0.15) is 0 Å². The Morgan fingerprint density at radius 3 is 2.82 bits per heavy atom. The molecule has 1 aromatic heterocycles. The third kappa shape index (κ3) is 2.90. The lowest BCUT2D eigenvalue weighted by Gasteiger charge is -2.39. The van der Waals surface area contributed by atoms with E-state index in [-0.39, 0.29) is 12.1 Å². The van der Waals surface area contributed by atoms with Gasteiger partial charge < -0.3 is 10.4 Å². The topological polar surface area (TPSA) is 45.1 Å². The van der Waals surface area contributed by atoms with Crippen LogP contribution in [-0.4, -0.2) is 22.2 Å². The minimum Gasteiger partial charge on any atom is -0.394 e. The van der Waals surface area contributed by atoms with Crippen LogP contribution in [0.3, 0.4) is 0 Å². The summed E-state index contributed by atoms with van der Waals surface area (Å²) in [6.07, 6.45) is 7.62. The molecule has 17 heavy (non-hydrogen) atoms. The maximum Gasteiger partial charge on any atom is 0.0820 e. The maximum absolute atomic E-state index is 9.66. The van der Waals surface area contributed by atoms with E-state index in [0.29, 0.717) is 5.02 Å². The number of hydrogen-bond acceptors (Lipinski definition) is 3. The fourth-order valence-corrected chi connectivity index (χ4v) is 2.57. The summed E-state index contributed by atoms with van der Waals surface area (Å²) in [6.45, 7) is 2.42. The first-order valence-corrected chi connectivity index (χ1v) is 6.51. The lowest BCUT2D eigenvalue weighted by Crippen LogP contribution is -2.45. The predicted octanol–water partition coefficient (Wildman–Crippen LogP) is 3.09. The maximum atomic E-state index is 9.66. The molecular weight excluding hydrogens is 236 g/mol. The number of rotatable bonds is 3. The molecule has 0 saturated heterocycles. The van der Waals surface area contributed by atoms with Crippen LogP contribution in [0.15, 0.2) is 18.5 Å². The molecule has 0 spiro atoms. The van der Waals surface area contributed by atoms with Crippen molar-refractivity contribution in [1.82, 2.24) is 4.98 Å². The quantitative estimate of drug-likeness (QED) is 0.871. The van der Waals surface area contributed by atoms with E-state index in [2.05, 4.69) is 17.2 Å². The van der Waals surface area contributed by atoms with E-state index in [1.807, 2.05) is 6.07 Å². The number of aliphatic hydroxyl groups is 1. The predicted molar refractivity (Wildman–Crippen MR) is 70.3 cm³/mol. The highest BCUT2D eigenvalue weighted by atomic mass is 35.5. The highest BCUT2D eigenvalue weighted by Crippen LogP contribution is 2.35. The molecule has 2 rings (SSSR count). The first-order valence-electron chi connectivity index (χ1n) is 6.14. The smallest absolute Gasteiger partial charge is 0.0820 e. The molecule has 0 radical (unpaired) electrons. The van der Waals surface area contributed by atoms with Crippen molar-refractivity contribution in [3.05, 3.63) is 23.5 Å². The Kier molecular flexibility index (Phi) is 3.89. The Balaban J connectivity index is 2.12. The fraction of sp³-hybridized carbons (Fsp3) is 0.615. The largest absolute Gasteiger partial charge is 0.394 e. The van der Waals surface area contributed by atoms with Gasteiger partial charge in [0, 0.05) is 12.4 Å². The number of nitrogens with zero attached hydrogens (tertiary/aromatic N) is 1. The summed E-state index contributed by atoms with van der Waals surface area (Å²) in [6, 6.07) is 1.86. The molecule has 0 amide bonds. The third-order valence-corrected chi connectivity index (χ3v) is 4.01. The van der Waals surface area contributed by atoms with Crippen molar-refractivity contribution in [1.29, 1.82) is 0 Å². The van der Waals surface area contributed by atoms with Gasteiger partial charge in [-0.05, 0) is 37.7 Å². The van der Waals surface area contributed by atoms with Crippen LogP contribution in [0.5, 0.6) is 0 Å². The zero-order valence-corrected chi connectivity index (χ0v) is 10.9. The molecule has 3 nitrogen and oxygen atoms in total. The second kappa shape index (κ2) is 5.23. The minimum atomic E-state index is -0.211. The summed E-state index contributed by atoms with van der Waals surface area (Å²) in [5, 5.41) is 13.7. The van der Waals surface area contributed by atoms with E-state index in [4.69, 9.17) is 11.6 Å². The molecule has 1 heterocycles. The Morgan fingerprint density at radius 1 is 1.53 bits per heavy atom. The number of aromatic nitrogens is 1. The standard InChI is InChI=1S/C13H19ClN2O/c1-10-2-5-13(9-17,6-3-10)16-12-4-7-15-8-11(12)14/h4,7-8,10,17H,2-3,5-6,9H2,1H3,(H,15,16). The van der Waals surface area contributed by atoms with Gasteiger partial charge in [0.05, 0.1) is 22.9 Å². The van der Waals surface area contributed by atoms with Gasteiger partial charge >= 0.3 is 0 Å². The van der Waals surface area contributed by atoms with Crippen LogP contribution in [-0.2, 0) is 0 Å². The van der Waals surface area contributed by atoms with Gasteiger partial charge in [-0.15, -0.1) is 0 Å². The molecule has 1 aromatic rings. The molecule has 0 bridgehead atoms. The molecule has 4 heteroatoms. The molecular formula is C13H19ClN2O. The van der Waals surface area contributed by atoms with Crippen LogP contribution in [0, 0.1) is 5.92 Å². The van der Waals surface area contributed by atoms with Crippen LogP contribution >= 0.6 is 11.6 Å². The summed E-state index contributed by atoms with van der Waals surface area (Å²) in [5.74, 6) is 0.754. The van der Waals surface area contributed by atoms with Gasteiger partial charge in [-0.25, -0.2) is 0 Å². The first-order chi connectivity index (χ1) is 8.15. The monoisotopic (exact) mass is 254 g/mol. The molecule has 0 atom stereocenters. The van der Waals surface area contributed by atoms with E-state index in [1.165, 1.54) is 0 Å². The van der Waals surface area contributed by atoms with E-state index in [1.54, 1.807) is 12.4 Å². The van der Waals surface area contributed by atoms with E-state index in [9.17, 15) is 5.11 Å². The number of aliphatic hydroxyl groups excluding tert-OH is 1. The van der Waals surface area contributed by atoms with E-state index in [0.717, 1.165) is 37.3 Å². The van der Waals surface area contributed by atoms with Crippen molar-refractivity contribution in [2.75, 3.05) is 11.9 Å². The molecule has 1 aliphatic carbocycles. The molecule has 94 valence electrons. The highest BCUT2D eigenvalue weighted by molar-refractivity contribution is 6.33. The Morgan fingerprint density at radius 2 is 2.24 bits per heavy atom. The molecule has 0 aliphatic heterocycles. The van der Waals surface area contributed by atoms with Crippen LogP contribution in [0.2, 0.25) is 5.02 Å². The van der Waals surface area contributed by atoms with Crippen LogP contribution in [0.4, 0.5) is 5.69 Å². The molecule has 2 N–H and O–H groups in total. The lowest BCUT2D eigenvalue weighted by molar-refractivity contribution is 0.155. The van der Waals surface area contributed by atoms with Gasteiger partial charge in [0.15, 0.2) is 0 Å². The zero-order chi connectivity index (χ0) is 12.3. The molecule has 0 aromatic carbocycles. The van der Waals surface area contributed by atoms with Crippen molar-refractivity contribution in [3.63, 3.8) is 0 Å². The molecule has 1 saturated carbocycles.